The van der Waals surface area contributed by atoms with Crippen molar-refractivity contribution in [3.05, 3.63) is 71.5 Å². The summed E-state index contributed by atoms with van der Waals surface area (Å²) >= 11 is 5.99. The summed E-state index contributed by atoms with van der Waals surface area (Å²) in [4.78, 5) is 8.42. The van der Waals surface area contributed by atoms with Crippen molar-refractivity contribution in [1.29, 1.82) is 0 Å². The van der Waals surface area contributed by atoms with Crippen LogP contribution in [-0.2, 0) is 6.42 Å². The van der Waals surface area contributed by atoms with Gasteiger partial charge in [-0.1, -0.05) is 48.0 Å². The number of aromatic nitrogens is 2. The van der Waals surface area contributed by atoms with E-state index in [-0.39, 0.29) is 0 Å². The topological polar surface area (TPSA) is 75.9 Å². The van der Waals surface area contributed by atoms with Gasteiger partial charge in [-0.25, -0.2) is 9.97 Å². The van der Waals surface area contributed by atoms with Crippen molar-refractivity contribution in [1.82, 2.24) is 9.97 Å². The van der Waals surface area contributed by atoms with Gasteiger partial charge in [-0.2, -0.15) is 0 Å². The number of benzene rings is 2. The Morgan fingerprint density at radius 2 is 1.75 bits per heavy atom. The van der Waals surface area contributed by atoms with Crippen LogP contribution in [0.5, 0.6) is 0 Å². The number of hydrogen-bond donors (Lipinski definition) is 3. The Morgan fingerprint density at radius 3 is 2.54 bits per heavy atom. The first-order valence-electron chi connectivity index (χ1n) is 7.63. The SMILES string of the molecule is Nc1c(NCCc2ccccc2)ncnc1Nc1cccc(Cl)c1. The zero-order valence-corrected chi connectivity index (χ0v) is 13.8. The van der Waals surface area contributed by atoms with Crippen molar-refractivity contribution in [2.24, 2.45) is 0 Å². The highest BCUT2D eigenvalue weighted by Gasteiger charge is 2.08. The number of anilines is 4. The Balaban J connectivity index is 1.66. The number of nitrogens with one attached hydrogen (secondary N) is 2. The Morgan fingerprint density at radius 1 is 0.958 bits per heavy atom. The van der Waals surface area contributed by atoms with Crippen LogP contribution >= 0.6 is 11.6 Å². The van der Waals surface area contributed by atoms with Gasteiger partial charge in [0.1, 0.15) is 12.0 Å². The van der Waals surface area contributed by atoms with E-state index in [9.17, 15) is 0 Å². The van der Waals surface area contributed by atoms with Crippen LogP contribution in [0.4, 0.5) is 23.0 Å². The maximum absolute atomic E-state index is 6.17. The Labute approximate surface area is 145 Å². The van der Waals surface area contributed by atoms with Crippen LogP contribution in [0, 0.1) is 0 Å². The second-order valence-electron chi connectivity index (χ2n) is 5.28. The molecule has 2 aromatic carbocycles. The summed E-state index contributed by atoms with van der Waals surface area (Å²) in [6.45, 7) is 0.738. The van der Waals surface area contributed by atoms with E-state index in [4.69, 9.17) is 17.3 Å². The van der Waals surface area contributed by atoms with E-state index < -0.39 is 0 Å². The summed E-state index contributed by atoms with van der Waals surface area (Å²) in [5.74, 6) is 1.17. The van der Waals surface area contributed by atoms with Crippen LogP contribution in [0.25, 0.3) is 0 Å². The summed E-state index contributed by atoms with van der Waals surface area (Å²) in [6, 6.07) is 17.6. The second-order valence-corrected chi connectivity index (χ2v) is 5.72. The maximum Gasteiger partial charge on any atom is 0.159 e. The van der Waals surface area contributed by atoms with E-state index in [2.05, 4.69) is 32.7 Å². The fourth-order valence-electron chi connectivity index (χ4n) is 2.31. The molecule has 3 aromatic rings. The molecule has 3 rings (SSSR count). The number of hydrogen-bond acceptors (Lipinski definition) is 5. The van der Waals surface area contributed by atoms with Gasteiger partial charge in [0.25, 0.3) is 0 Å². The third-order valence-corrected chi connectivity index (χ3v) is 3.76. The smallest absolute Gasteiger partial charge is 0.159 e. The molecule has 0 radical (unpaired) electrons. The van der Waals surface area contributed by atoms with Crippen LogP contribution in [0.2, 0.25) is 5.02 Å². The average molecular weight is 340 g/mol. The molecule has 1 aromatic heterocycles. The predicted molar refractivity (Wildman–Crippen MR) is 99.8 cm³/mol. The fourth-order valence-corrected chi connectivity index (χ4v) is 2.50. The Hall–Kier alpha value is -2.79. The van der Waals surface area contributed by atoms with E-state index in [0.29, 0.717) is 22.3 Å². The van der Waals surface area contributed by atoms with Gasteiger partial charge in [0.05, 0.1) is 0 Å². The molecule has 0 bridgehead atoms. The van der Waals surface area contributed by atoms with Gasteiger partial charge in [-0.15, -0.1) is 0 Å². The molecule has 4 N–H and O–H groups in total. The molecule has 0 saturated carbocycles. The summed E-state index contributed by atoms with van der Waals surface area (Å²) in [6.07, 6.45) is 2.37. The van der Waals surface area contributed by atoms with Crippen LogP contribution in [-0.4, -0.2) is 16.5 Å². The third kappa shape index (κ3) is 4.14. The number of nitrogen functional groups attached to an aromatic ring is 1. The van der Waals surface area contributed by atoms with E-state index in [1.54, 1.807) is 0 Å². The summed E-state index contributed by atoms with van der Waals surface area (Å²) in [5.41, 5.74) is 8.72. The predicted octanol–water partition coefficient (Wildman–Crippen LogP) is 4.11. The van der Waals surface area contributed by atoms with Gasteiger partial charge in [0, 0.05) is 17.3 Å². The fraction of sp³-hybridized carbons (Fsp3) is 0.111. The monoisotopic (exact) mass is 339 g/mol. The molecule has 122 valence electrons. The third-order valence-electron chi connectivity index (χ3n) is 3.52. The van der Waals surface area contributed by atoms with Crippen LogP contribution < -0.4 is 16.4 Å². The van der Waals surface area contributed by atoms with Crippen LogP contribution in [0.1, 0.15) is 5.56 Å². The van der Waals surface area contributed by atoms with E-state index in [1.807, 2.05) is 42.5 Å². The molecular formula is C18H18ClN5. The van der Waals surface area contributed by atoms with E-state index in [0.717, 1.165) is 18.7 Å². The van der Waals surface area contributed by atoms with Gasteiger partial charge < -0.3 is 16.4 Å². The average Bonchev–Trinajstić information content (AvgIpc) is 2.59. The minimum atomic E-state index is 0.477. The molecular weight excluding hydrogens is 322 g/mol. The standard InChI is InChI=1S/C18H18ClN5/c19-14-7-4-8-15(11-14)24-18-16(20)17(22-12-23-18)21-10-9-13-5-2-1-3-6-13/h1-8,11-12H,9-10,20H2,(H2,21,22,23,24). The minimum Gasteiger partial charge on any atom is -0.393 e. The normalized spacial score (nSPS) is 10.4. The zero-order valence-electron chi connectivity index (χ0n) is 13.0. The van der Waals surface area contributed by atoms with Crippen molar-refractivity contribution in [2.75, 3.05) is 22.9 Å². The zero-order chi connectivity index (χ0) is 16.8. The summed E-state index contributed by atoms with van der Waals surface area (Å²) in [7, 11) is 0. The molecule has 0 saturated heterocycles. The van der Waals surface area contributed by atoms with Crippen molar-refractivity contribution < 1.29 is 0 Å². The van der Waals surface area contributed by atoms with Crippen molar-refractivity contribution >= 4 is 34.6 Å². The quantitative estimate of drug-likeness (QED) is 0.630. The Bertz CT molecular complexity index is 808. The molecule has 5 nitrogen and oxygen atoms in total. The highest BCUT2D eigenvalue weighted by Crippen LogP contribution is 2.26. The maximum atomic E-state index is 6.17. The largest absolute Gasteiger partial charge is 0.393 e. The molecule has 6 heteroatoms. The number of nitrogens with zero attached hydrogens (tertiary/aromatic N) is 2. The number of halogens is 1. The lowest BCUT2D eigenvalue weighted by Crippen LogP contribution is -2.10. The molecule has 0 unspecified atom stereocenters. The van der Waals surface area contributed by atoms with Crippen LogP contribution in [0.15, 0.2) is 60.9 Å². The summed E-state index contributed by atoms with van der Waals surface area (Å²) in [5, 5.41) is 7.06. The lowest BCUT2D eigenvalue weighted by molar-refractivity contribution is 1.00. The molecule has 1 heterocycles. The summed E-state index contributed by atoms with van der Waals surface area (Å²) < 4.78 is 0. The molecule has 0 aliphatic heterocycles. The molecule has 0 fully saturated rings. The highest BCUT2D eigenvalue weighted by atomic mass is 35.5. The molecule has 24 heavy (non-hydrogen) atoms. The molecule has 0 amide bonds. The van der Waals surface area contributed by atoms with E-state index in [1.165, 1.54) is 11.9 Å². The first kappa shape index (κ1) is 16.1. The second kappa shape index (κ2) is 7.66. The number of rotatable bonds is 6. The van der Waals surface area contributed by atoms with Gasteiger partial charge >= 0.3 is 0 Å². The van der Waals surface area contributed by atoms with Gasteiger partial charge in [0.15, 0.2) is 11.6 Å². The lowest BCUT2D eigenvalue weighted by Gasteiger charge is -2.12. The van der Waals surface area contributed by atoms with E-state index >= 15 is 0 Å². The first-order valence-corrected chi connectivity index (χ1v) is 8.01. The molecule has 0 atom stereocenters. The van der Waals surface area contributed by atoms with Crippen molar-refractivity contribution in [3.63, 3.8) is 0 Å². The van der Waals surface area contributed by atoms with Crippen LogP contribution in [0.3, 0.4) is 0 Å². The van der Waals surface area contributed by atoms with Gasteiger partial charge in [0.2, 0.25) is 0 Å². The van der Waals surface area contributed by atoms with Crippen molar-refractivity contribution in [3.8, 4) is 0 Å². The minimum absolute atomic E-state index is 0.477. The molecule has 0 aliphatic rings. The Kier molecular flexibility index (Phi) is 5.13. The molecule has 0 aliphatic carbocycles. The molecule has 0 spiro atoms. The van der Waals surface area contributed by atoms with Gasteiger partial charge in [-0.3, -0.25) is 0 Å². The number of nitrogens with two attached hydrogens (primary N) is 1. The highest BCUT2D eigenvalue weighted by molar-refractivity contribution is 6.30. The van der Waals surface area contributed by atoms with Crippen molar-refractivity contribution in [2.45, 2.75) is 6.42 Å². The first-order chi connectivity index (χ1) is 11.7. The van der Waals surface area contributed by atoms with Gasteiger partial charge in [-0.05, 0) is 30.2 Å². The lowest BCUT2D eigenvalue weighted by atomic mass is 10.1.